The molecule has 0 aliphatic carbocycles. The fourth-order valence-corrected chi connectivity index (χ4v) is 2.94. The number of nitrogens with one attached hydrogen (secondary N) is 1. The molecule has 114 valence electrons. The van der Waals surface area contributed by atoms with Gasteiger partial charge in [-0.1, -0.05) is 6.92 Å². The van der Waals surface area contributed by atoms with Crippen LogP contribution >= 0.6 is 27.3 Å². The molecule has 1 N–H and O–H groups in total. The van der Waals surface area contributed by atoms with Crippen LogP contribution in [0.15, 0.2) is 21.7 Å². The van der Waals surface area contributed by atoms with Crippen LogP contribution in [-0.2, 0) is 24.2 Å². The molecule has 6 nitrogen and oxygen atoms in total. The van der Waals surface area contributed by atoms with E-state index in [1.165, 1.54) is 9.56 Å². The van der Waals surface area contributed by atoms with Gasteiger partial charge >= 0.3 is 0 Å². The molecule has 0 amide bonds. The second-order valence-electron chi connectivity index (χ2n) is 4.32. The number of hydrogen-bond acceptors (Lipinski definition) is 6. The molecule has 0 aliphatic rings. The van der Waals surface area contributed by atoms with E-state index in [0.717, 1.165) is 11.4 Å². The number of nitrogens with zero attached hydrogens (tertiary/aromatic N) is 3. The van der Waals surface area contributed by atoms with Crippen LogP contribution < -0.4 is 10.9 Å². The SMILES string of the molecule is CCc1cnc(CNc2cnn(CCOC)c(=O)c2Br)s1. The highest BCUT2D eigenvalue weighted by Crippen LogP contribution is 2.19. The van der Waals surface area contributed by atoms with E-state index >= 15 is 0 Å². The number of rotatable bonds is 7. The first-order chi connectivity index (χ1) is 10.2. The minimum atomic E-state index is -0.176. The Hall–Kier alpha value is -1.25. The lowest BCUT2D eigenvalue weighted by Gasteiger charge is -2.09. The fourth-order valence-electron chi connectivity index (χ4n) is 1.69. The lowest BCUT2D eigenvalue weighted by molar-refractivity contribution is 0.181. The van der Waals surface area contributed by atoms with Gasteiger partial charge in [-0.25, -0.2) is 9.67 Å². The minimum Gasteiger partial charge on any atom is -0.383 e. The average molecular weight is 373 g/mol. The molecule has 2 heterocycles. The third-order valence-corrected chi connectivity index (χ3v) is 4.78. The summed E-state index contributed by atoms with van der Waals surface area (Å²) < 4.78 is 6.80. The molecular weight excluding hydrogens is 356 g/mol. The van der Waals surface area contributed by atoms with Crippen molar-refractivity contribution in [2.45, 2.75) is 26.4 Å². The van der Waals surface area contributed by atoms with Crippen LogP contribution in [0.1, 0.15) is 16.8 Å². The standard InChI is InChI=1S/C13H17BrN4O2S/c1-3-9-6-16-11(21-9)8-15-10-7-17-18(4-5-20-2)13(19)12(10)14/h6-7,15H,3-5,8H2,1-2H3. The number of hydrogen-bond donors (Lipinski definition) is 1. The van der Waals surface area contributed by atoms with Crippen molar-refractivity contribution in [3.8, 4) is 0 Å². The van der Waals surface area contributed by atoms with Crippen LogP contribution in [0.2, 0.25) is 0 Å². The van der Waals surface area contributed by atoms with Gasteiger partial charge in [0, 0.05) is 18.2 Å². The first kappa shape index (κ1) is 16.1. The quantitative estimate of drug-likeness (QED) is 0.807. The Morgan fingerprint density at radius 1 is 1.48 bits per heavy atom. The lowest BCUT2D eigenvalue weighted by atomic mass is 10.4. The van der Waals surface area contributed by atoms with Crippen LogP contribution in [0.25, 0.3) is 0 Å². The van der Waals surface area contributed by atoms with Crippen molar-refractivity contribution in [3.63, 3.8) is 0 Å². The predicted octanol–water partition coefficient (Wildman–Crippen LogP) is 2.28. The van der Waals surface area contributed by atoms with Crippen LogP contribution in [0.5, 0.6) is 0 Å². The number of halogens is 1. The summed E-state index contributed by atoms with van der Waals surface area (Å²) in [5, 5.41) is 8.30. The van der Waals surface area contributed by atoms with Gasteiger partial charge < -0.3 is 10.1 Å². The Labute approximate surface area is 135 Å². The summed E-state index contributed by atoms with van der Waals surface area (Å²) >= 11 is 4.99. The smallest absolute Gasteiger partial charge is 0.283 e. The van der Waals surface area contributed by atoms with Crippen molar-refractivity contribution in [1.82, 2.24) is 14.8 Å². The van der Waals surface area contributed by atoms with Gasteiger partial charge in [0.2, 0.25) is 0 Å². The van der Waals surface area contributed by atoms with E-state index in [9.17, 15) is 4.79 Å². The van der Waals surface area contributed by atoms with Gasteiger partial charge in [0.05, 0.1) is 31.6 Å². The minimum absolute atomic E-state index is 0.176. The third kappa shape index (κ3) is 4.12. The molecule has 0 radical (unpaired) electrons. The largest absolute Gasteiger partial charge is 0.383 e. The van der Waals surface area contributed by atoms with E-state index in [1.807, 2.05) is 6.20 Å². The first-order valence-electron chi connectivity index (χ1n) is 6.57. The molecule has 0 spiro atoms. The maximum Gasteiger partial charge on any atom is 0.283 e. The van der Waals surface area contributed by atoms with E-state index in [-0.39, 0.29) is 5.56 Å². The normalized spacial score (nSPS) is 10.8. The van der Waals surface area contributed by atoms with Crippen molar-refractivity contribution in [1.29, 1.82) is 0 Å². The molecule has 21 heavy (non-hydrogen) atoms. The van der Waals surface area contributed by atoms with Gasteiger partial charge in [-0.3, -0.25) is 4.79 Å². The molecule has 0 unspecified atom stereocenters. The van der Waals surface area contributed by atoms with Crippen molar-refractivity contribution in [3.05, 3.63) is 37.1 Å². The second kappa shape index (κ2) is 7.67. The second-order valence-corrected chi connectivity index (χ2v) is 6.31. The van der Waals surface area contributed by atoms with Crippen LogP contribution in [0, 0.1) is 0 Å². The maximum absolute atomic E-state index is 12.1. The predicted molar refractivity (Wildman–Crippen MR) is 86.9 cm³/mol. The molecule has 0 saturated carbocycles. The van der Waals surface area contributed by atoms with Crippen LogP contribution in [0.3, 0.4) is 0 Å². The molecule has 2 aromatic heterocycles. The Bertz CT molecular complexity index is 656. The molecule has 2 rings (SSSR count). The number of thiazole rings is 1. The Morgan fingerprint density at radius 3 is 2.95 bits per heavy atom. The summed E-state index contributed by atoms with van der Waals surface area (Å²) in [6.07, 6.45) is 4.51. The summed E-state index contributed by atoms with van der Waals surface area (Å²) in [6, 6.07) is 0. The van der Waals surface area contributed by atoms with Gasteiger partial charge in [-0.05, 0) is 22.4 Å². The summed E-state index contributed by atoms with van der Waals surface area (Å²) in [6.45, 7) is 3.56. The van der Waals surface area contributed by atoms with Crippen molar-refractivity contribution < 1.29 is 4.74 Å². The van der Waals surface area contributed by atoms with Crippen molar-refractivity contribution >= 4 is 33.0 Å². The topological polar surface area (TPSA) is 69.0 Å². The fraction of sp³-hybridized carbons (Fsp3) is 0.462. The Kier molecular flexibility index (Phi) is 5.89. The highest BCUT2D eigenvalue weighted by Gasteiger charge is 2.09. The third-order valence-electron chi connectivity index (χ3n) is 2.87. The highest BCUT2D eigenvalue weighted by atomic mass is 79.9. The number of ether oxygens (including phenoxy) is 1. The summed E-state index contributed by atoms with van der Waals surface area (Å²) in [4.78, 5) is 17.7. The molecule has 0 aromatic carbocycles. The van der Waals surface area contributed by atoms with E-state index in [1.54, 1.807) is 24.6 Å². The summed E-state index contributed by atoms with van der Waals surface area (Å²) in [5.41, 5.74) is 0.493. The van der Waals surface area contributed by atoms with E-state index < -0.39 is 0 Å². The molecule has 0 aliphatic heterocycles. The van der Waals surface area contributed by atoms with Gasteiger partial charge in [0.1, 0.15) is 9.48 Å². The van der Waals surface area contributed by atoms with Gasteiger partial charge in [0.25, 0.3) is 5.56 Å². The molecule has 0 saturated heterocycles. The number of methoxy groups -OCH3 is 1. The molecule has 2 aromatic rings. The molecule has 0 bridgehead atoms. The lowest BCUT2D eigenvalue weighted by Crippen LogP contribution is -2.26. The first-order valence-corrected chi connectivity index (χ1v) is 8.18. The zero-order valence-electron chi connectivity index (χ0n) is 11.9. The van der Waals surface area contributed by atoms with Crippen molar-refractivity contribution in [2.75, 3.05) is 19.0 Å². The monoisotopic (exact) mass is 372 g/mol. The van der Waals surface area contributed by atoms with Gasteiger partial charge in [0.15, 0.2) is 0 Å². The molecular formula is C13H17BrN4O2S. The number of aromatic nitrogens is 3. The molecule has 0 fully saturated rings. The highest BCUT2D eigenvalue weighted by molar-refractivity contribution is 9.10. The summed E-state index contributed by atoms with van der Waals surface area (Å²) in [7, 11) is 1.59. The summed E-state index contributed by atoms with van der Waals surface area (Å²) in [5.74, 6) is 0. The van der Waals surface area contributed by atoms with Crippen LogP contribution in [0.4, 0.5) is 5.69 Å². The van der Waals surface area contributed by atoms with E-state index in [0.29, 0.717) is 29.9 Å². The number of aryl methyl sites for hydroxylation is 1. The van der Waals surface area contributed by atoms with Crippen molar-refractivity contribution in [2.24, 2.45) is 0 Å². The van der Waals surface area contributed by atoms with Crippen LogP contribution in [-0.4, -0.2) is 28.5 Å². The number of anilines is 1. The molecule has 8 heteroatoms. The van der Waals surface area contributed by atoms with Gasteiger partial charge in [-0.15, -0.1) is 11.3 Å². The van der Waals surface area contributed by atoms with Gasteiger partial charge in [-0.2, -0.15) is 5.10 Å². The maximum atomic E-state index is 12.1. The Balaban J connectivity index is 2.06. The molecule has 0 atom stereocenters. The average Bonchev–Trinajstić information content (AvgIpc) is 2.96. The van der Waals surface area contributed by atoms with E-state index in [2.05, 4.69) is 38.3 Å². The Morgan fingerprint density at radius 2 is 2.29 bits per heavy atom. The van der Waals surface area contributed by atoms with E-state index in [4.69, 9.17) is 4.74 Å². The zero-order valence-corrected chi connectivity index (χ0v) is 14.3. The zero-order chi connectivity index (χ0) is 15.2.